The lowest BCUT2D eigenvalue weighted by molar-refractivity contribution is 0.627. The van der Waals surface area contributed by atoms with Gasteiger partial charge in [-0.25, -0.2) is 19.0 Å². The summed E-state index contributed by atoms with van der Waals surface area (Å²) in [5.41, 5.74) is 0.635. The van der Waals surface area contributed by atoms with Crippen LogP contribution in [0.25, 0.3) is 17.1 Å². The van der Waals surface area contributed by atoms with Crippen molar-refractivity contribution in [1.82, 2.24) is 24.7 Å². The third-order valence-electron chi connectivity index (χ3n) is 2.95. The van der Waals surface area contributed by atoms with E-state index in [2.05, 4.69) is 20.1 Å². The second-order valence-electron chi connectivity index (χ2n) is 4.58. The lowest BCUT2D eigenvalue weighted by Crippen LogP contribution is -2.14. The van der Waals surface area contributed by atoms with Crippen LogP contribution in [0.1, 0.15) is 11.6 Å². The monoisotopic (exact) mass is 285 g/mol. The van der Waals surface area contributed by atoms with Crippen molar-refractivity contribution in [3.63, 3.8) is 0 Å². The SMILES string of the molecule is Cc1nc(-c2cnc(C)[nH]c2=O)n(-c2ccc(F)cc2)n1. The number of benzene rings is 1. The van der Waals surface area contributed by atoms with Gasteiger partial charge in [0.05, 0.1) is 5.69 Å². The van der Waals surface area contributed by atoms with E-state index in [0.29, 0.717) is 28.7 Å². The number of nitrogens with one attached hydrogen (secondary N) is 1. The third-order valence-corrected chi connectivity index (χ3v) is 2.95. The molecule has 0 spiro atoms. The maximum absolute atomic E-state index is 13.0. The molecule has 0 aliphatic heterocycles. The Labute approximate surface area is 119 Å². The molecular formula is C14H12FN5O. The average molecular weight is 285 g/mol. The second kappa shape index (κ2) is 4.93. The quantitative estimate of drug-likeness (QED) is 0.778. The van der Waals surface area contributed by atoms with Crippen molar-refractivity contribution >= 4 is 0 Å². The summed E-state index contributed by atoms with van der Waals surface area (Å²) in [5, 5.41) is 4.25. The van der Waals surface area contributed by atoms with E-state index in [1.807, 2.05) is 0 Å². The van der Waals surface area contributed by atoms with Crippen molar-refractivity contribution in [2.45, 2.75) is 13.8 Å². The molecule has 0 saturated heterocycles. The van der Waals surface area contributed by atoms with Crippen LogP contribution in [-0.4, -0.2) is 24.7 Å². The number of nitrogens with zero attached hydrogens (tertiary/aromatic N) is 4. The Balaban J connectivity index is 2.20. The highest BCUT2D eigenvalue weighted by Crippen LogP contribution is 2.18. The lowest BCUT2D eigenvalue weighted by atomic mass is 10.2. The summed E-state index contributed by atoms with van der Waals surface area (Å²) in [5.74, 6) is 1.06. The Hall–Kier alpha value is -2.83. The Morgan fingerprint density at radius 1 is 1.19 bits per heavy atom. The van der Waals surface area contributed by atoms with Crippen LogP contribution in [0.2, 0.25) is 0 Å². The first-order valence-electron chi connectivity index (χ1n) is 6.30. The van der Waals surface area contributed by atoms with Crippen molar-refractivity contribution in [2.24, 2.45) is 0 Å². The van der Waals surface area contributed by atoms with E-state index in [-0.39, 0.29) is 11.4 Å². The number of H-pyrrole nitrogens is 1. The van der Waals surface area contributed by atoms with Crippen LogP contribution in [0, 0.1) is 19.7 Å². The van der Waals surface area contributed by atoms with Gasteiger partial charge in [-0.2, -0.15) is 5.10 Å². The Kier molecular flexibility index (Phi) is 3.09. The fourth-order valence-electron chi connectivity index (χ4n) is 1.99. The number of aromatic nitrogens is 5. The molecule has 2 aromatic heterocycles. The summed E-state index contributed by atoms with van der Waals surface area (Å²) in [7, 11) is 0. The smallest absolute Gasteiger partial charge is 0.261 e. The van der Waals surface area contributed by atoms with Crippen LogP contribution in [0.4, 0.5) is 4.39 Å². The molecule has 6 nitrogen and oxygen atoms in total. The largest absolute Gasteiger partial charge is 0.310 e. The van der Waals surface area contributed by atoms with Gasteiger partial charge in [-0.1, -0.05) is 0 Å². The van der Waals surface area contributed by atoms with Crippen LogP contribution in [0.15, 0.2) is 35.3 Å². The molecule has 1 aromatic carbocycles. The molecule has 0 atom stereocenters. The number of aromatic amines is 1. The second-order valence-corrected chi connectivity index (χ2v) is 4.58. The molecule has 1 N–H and O–H groups in total. The Bertz CT molecular complexity index is 851. The molecule has 0 amide bonds. The average Bonchev–Trinajstić information content (AvgIpc) is 2.81. The van der Waals surface area contributed by atoms with Crippen molar-refractivity contribution in [2.75, 3.05) is 0 Å². The van der Waals surface area contributed by atoms with Crippen LogP contribution in [-0.2, 0) is 0 Å². The summed E-state index contributed by atoms with van der Waals surface area (Å²) in [6.45, 7) is 3.42. The van der Waals surface area contributed by atoms with E-state index in [1.54, 1.807) is 26.0 Å². The molecule has 0 aliphatic carbocycles. The normalized spacial score (nSPS) is 10.8. The molecule has 0 fully saturated rings. The third kappa shape index (κ3) is 2.45. The van der Waals surface area contributed by atoms with Gasteiger partial charge in [-0.3, -0.25) is 4.79 Å². The standard InChI is InChI=1S/C14H12FN5O/c1-8-16-7-12(14(21)18-8)13-17-9(2)19-20(13)11-5-3-10(15)4-6-11/h3-7H,1-2H3,(H,16,18,21). The fourth-order valence-corrected chi connectivity index (χ4v) is 1.99. The minimum atomic E-state index is -0.341. The van der Waals surface area contributed by atoms with E-state index >= 15 is 0 Å². The Morgan fingerprint density at radius 2 is 1.90 bits per heavy atom. The zero-order valence-electron chi connectivity index (χ0n) is 11.5. The van der Waals surface area contributed by atoms with Crippen LogP contribution in [0.5, 0.6) is 0 Å². The van der Waals surface area contributed by atoms with E-state index in [1.165, 1.54) is 23.0 Å². The molecule has 0 unspecified atom stereocenters. The molecular weight excluding hydrogens is 273 g/mol. The molecule has 0 aliphatic rings. The van der Waals surface area contributed by atoms with Gasteiger partial charge in [0.2, 0.25) is 0 Å². The molecule has 3 aromatic rings. The maximum Gasteiger partial charge on any atom is 0.261 e. The van der Waals surface area contributed by atoms with Crippen molar-refractivity contribution < 1.29 is 4.39 Å². The Morgan fingerprint density at radius 3 is 2.57 bits per heavy atom. The zero-order valence-corrected chi connectivity index (χ0v) is 11.5. The van der Waals surface area contributed by atoms with E-state index < -0.39 is 0 Å². The minimum absolute atomic E-state index is 0.293. The topological polar surface area (TPSA) is 76.5 Å². The first-order valence-corrected chi connectivity index (χ1v) is 6.30. The lowest BCUT2D eigenvalue weighted by Gasteiger charge is -2.05. The summed E-state index contributed by atoms with van der Waals surface area (Å²) in [6.07, 6.45) is 1.46. The molecule has 106 valence electrons. The molecule has 0 saturated carbocycles. The molecule has 21 heavy (non-hydrogen) atoms. The van der Waals surface area contributed by atoms with E-state index in [9.17, 15) is 9.18 Å². The summed E-state index contributed by atoms with van der Waals surface area (Å²) < 4.78 is 14.5. The van der Waals surface area contributed by atoms with Gasteiger partial charge in [0, 0.05) is 6.20 Å². The van der Waals surface area contributed by atoms with Crippen LogP contribution in [0.3, 0.4) is 0 Å². The van der Waals surface area contributed by atoms with Crippen molar-refractivity contribution in [1.29, 1.82) is 0 Å². The van der Waals surface area contributed by atoms with Gasteiger partial charge in [-0.05, 0) is 38.1 Å². The van der Waals surface area contributed by atoms with Crippen molar-refractivity contribution in [3.05, 3.63) is 58.3 Å². The molecule has 0 radical (unpaired) electrons. The van der Waals surface area contributed by atoms with Gasteiger partial charge in [0.15, 0.2) is 5.82 Å². The number of rotatable bonds is 2. The molecule has 3 rings (SSSR count). The summed E-state index contributed by atoms with van der Waals surface area (Å²) >= 11 is 0. The van der Waals surface area contributed by atoms with E-state index in [4.69, 9.17) is 0 Å². The molecule has 2 heterocycles. The molecule has 7 heteroatoms. The highest BCUT2D eigenvalue weighted by Gasteiger charge is 2.15. The predicted octanol–water partition coefficient (Wildman–Crippen LogP) is 1.77. The number of hydrogen-bond donors (Lipinski definition) is 1. The number of hydrogen-bond acceptors (Lipinski definition) is 4. The van der Waals surface area contributed by atoms with Crippen LogP contribution >= 0.6 is 0 Å². The number of aryl methyl sites for hydroxylation is 2. The van der Waals surface area contributed by atoms with Crippen molar-refractivity contribution in [3.8, 4) is 17.1 Å². The highest BCUT2D eigenvalue weighted by molar-refractivity contribution is 5.55. The first kappa shape index (κ1) is 13.2. The van der Waals surface area contributed by atoms with Gasteiger partial charge in [-0.15, -0.1) is 0 Å². The van der Waals surface area contributed by atoms with Gasteiger partial charge in [0.1, 0.15) is 23.0 Å². The number of halogens is 1. The fraction of sp³-hybridized carbons (Fsp3) is 0.143. The highest BCUT2D eigenvalue weighted by atomic mass is 19.1. The van der Waals surface area contributed by atoms with Gasteiger partial charge < -0.3 is 4.98 Å². The van der Waals surface area contributed by atoms with E-state index in [0.717, 1.165) is 0 Å². The van der Waals surface area contributed by atoms with Crippen LogP contribution < -0.4 is 5.56 Å². The maximum atomic E-state index is 13.0. The first-order chi connectivity index (χ1) is 10.0. The zero-order chi connectivity index (χ0) is 15.0. The van der Waals surface area contributed by atoms with Gasteiger partial charge >= 0.3 is 0 Å². The van der Waals surface area contributed by atoms with Gasteiger partial charge in [0.25, 0.3) is 5.56 Å². The predicted molar refractivity (Wildman–Crippen MR) is 74.6 cm³/mol. The summed E-state index contributed by atoms with van der Waals surface area (Å²) in [4.78, 5) is 23.0. The summed E-state index contributed by atoms with van der Waals surface area (Å²) in [6, 6.07) is 5.80. The minimum Gasteiger partial charge on any atom is -0.310 e. The molecule has 0 bridgehead atoms.